The van der Waals surface area contributed by atoms with Crippen molar-refractivity contribution in [2.24, 2.45) is 11.7 Å². The van der Waals surface area contributed by atoms with E-state index >= 15 is 0 Å². The zero-order valence-corrected chi connectivity index (χ0v) is 7.87. The zero-order valence-electron chi connectivity index (χ0n) is 7.87. The molecule has 0 heterocycles. The fourth-order valence-corrected chi connectivity index (χ4v) is 0.896. The Bertz CT molecular complexity index is 170. The van der Waals surface area contributed by atoms with Crippen LogP contribution in [0.3, 0.4) is 0 Å². The summed E-state index contributed by atoms with van der Waals surface area (Å²) in [5.41, 5.74) is 5.06. The molecule has 0 bridgehead atoms. The Labute approximate surface area is 79.3 Å². The van der Waals surface area contributed by atoms with Gasteiger partial charge in [-0.2, -0.15) is 0 Å². The third kappa shape index (κ3) is 6.11. The number of esters is 1. The third-order valence-electron chi connectivity index (χ3n) is 1.72. The highest BCUT2D eigenvalue weighted by Crippen LogP contribution is 2.08. The van der Waals surface area contributed by atoms with Crippen molar-refractivity contribution in [1.29, 1.82) is 0 Å². The summed E-state index contributed by atoms with van der Waals surface area (Å²) in [5.74, 6) is -0.0506. The second kappa shape index (κ2) is 7.55. The smallest absolute Gasteiger partial charge is 0.319 e. The van der Waals surface area contributed by atoms with E-state index in [2.05, 4.69) is 13.2 Å². The second-order valence-corrected chi connectivity index (χ2v) is 2.70. The quantitative estimate of drug-likeness (QED) is 0.367. The van der Waals surface area contributed by atoms with E-state index in [-0.39, 0.29) is 12.5 Å². The molecule has 74 valence electrons. The van der Waals surface area contributed by atoms with Crippen LogP contribution < -0.4 is 5.73 Å². The van der Waals surface area contributed by atoms with E-state index in [1.165, 1.54) is 0 Å². The maximum Gasteiger partial charge on any atom is 0.319 e. The molecule has 3 heteroatoms. The first-order valence-electron chi connectivity index (χ1n) is 4.35. The van der Waals surface area contributed by atoms with Crippen LogP contribution in [0.15, 0.2) is 25.3 Å². The molecule has 0 aromatic rings. The number of hydrogen-bond acceptors (Lipinski definition) is 3. The van der Waals surface area contributed by atoms with Crippen LogP contribution in [0, 0.1) is 5.92 Å². The Balaban J connectivity index is 3.39. The van der Waals surface area contributed by atoms with Gasteiger partial charge in [-0.15, -0.1) is 13.2 Å². The van der Waals surface area contributed by atoms with Gasteiger partial charge in [0.05, 0.1) is 13.2 Å². The fourth-order valence-electron chi connectivity index (χ4n) is 0.896. The molecule has 0 aromatic heterocycles. The molecule has 0 unspecified atom stereocenters. The van der Waals surface area contributed by atoms with Crippen molar-refractivity contribution >= 4 is 5.97 Å². The highest BCUT2D eigenvalue weighted by atomic mass is 16.5. The van der Waals surface area contributed by atoms with Crippen LogP contribution in [0.25, 0.3) is 0 Å². The van der Waals surface area contributed by atoms with Crippen molar-refractivity contribution in [2.45, 2.75) is 12.8 Å². The first-order valence-corrected chi connectivity index (χ1v) is 4.35. The monoisotopic (exact) mass is 183 g/mol. The lowest BCUT2D eigenvalue weighted by Crippen LogP contribution is -2.17. The normalized spacial score (nSPS) is 9.69. The van der Waals surface area contributed by atoms with Gasteiger partial charge < -0.3 is 10.5 Å². The van der Waals surface area contributed by atoms with Crippen LogP contribution in [0.2, 0.25) is 0 Å². The number of carbonyl (C=O) groups excluding carboxylic acids is 1. The molecule has 0 fully saturated rings. The van der Waals surface area contributed by atoms with Gasteiger partial charge in [0, 0.05) is 0 Å². The van der Waals surface area contributed by atoms with Crippen molar-refractivity contribution in [3.05, 3.63) is 25.3 Å². The lowest BCUT2D eigenvalue weighted by molar-refractivity contribution is -0.142. The van der Waals surface area contributed by atoms with Gasteiger partial charge in [0.15, 0.2) is 0 Å². The maximum absolute atomic E-state index is 10.6. The van der Waals surface area contributed by atoms with E-state index in [1.54, 1.807) is 0 Å². The molecule has 0 radical (unpaired) electrons. The summed E-state index contributed by atoms with van der Waals surface area (Å²) in [4.78, 5) is 10.6. The van der Waals surface area contributed by atoms with E-state index in [0.717, 1.165) is 12.8 Å². The Morgan fingerprint density at radius 3 is 2.54 bits per heavy atom. The molecular formula is C10H17NO2. The molecule has 0 saturated heterocycles. The average Bonchev–Trinajstić information content (AvgIpc) is 2.18. The summed E-state index contributed by atoms with van der Waals surface area (Å²) in [5, 5.41) is 0. The summed E-state index contributed by atoms with van der Waals surface area (Å²) >= 11 is 0. The summed E-state index contributed by atoms with van der Waals surface area (Å²) in [7, 11) is 0. The predicted molar refractivity (Wildman–Crippen MR) is 53.1 cm³/mol. The van der Waals surface area contributed by atoms with E-state index < -0.39 is 0 Å². The van der Waals surface area contributed by atoms with Gasteiger partial charge in [0.2, 0.25) is 0 Å². The highest BCUT2D eigenvalue weighted by Gasteiger charge is 2.00. The lowest BCUT2D eigenvalue weighted by Gasteiger charge is -2.06. The Kier molecular flexibility index (Phi) is 6.92. The molecule has 0 aromatic carbocycles. The van der Waals surface area contributed by atoms with Gasteiger partial charge in [-0.3, -0.25) is 4.79 Å². The number of carbonyl (C=O) groups is 1. The summed E-state index contributed by atoms with van der Waals surface area (Å²) in [6, 6.07) is 0. The van der Waals surface area contributed by atoms with Crippen molar-refractivity contribution in [3.8, 4) is 0 Å². The molecule has 0 amide bonds. The van der Waals surface area contributed by atoms with Crippen LogP contribution in [0.1, 0.15) is 12.8 Å². The molecule has 0 aliphatic rings. The number of rotatable bonds is 7. The Morgan fingerprint density at radius 2 is 2.08 bits per heavy atom. The topological polar surface area (TPSA) is 52.3 Å². The molecule has 0 saturated carbocycles. The minimum Gasteiger partial charge on any atom is -0.465 e. The van der Waals surface area contributed by atoms with Crippen molar-refractivity contribution < 1.29 is 9.53 Å². The maximum atomic E-state index is 10.6. The van der Waals surface area contributed by atoms with E-state index in [0.29, 0.717) is 12.5 Å². The summed E-state index contributed by atoms with van der Waals surface area (Å²) in [6.07, 6.45) is 5.38. The van der Waals surface area contributed by atoms with Crippen molar-refractivity contribution in [2.75, 3.05) is 13.2 Å². The Hall–Kier alpha value is -1.09. The van der Waals surface area contributed by atoms with Crippen molar-refractivity contribution in [3.63, 3.8) is 0 Å². The zero-order chi connectivity index (χ0) is 10.1. The second-order valence-electron chi connectivity index (χ2n) is 2.70. The molecule has 0 rings (SSSR count). The highest BCUT2D eigenvalue weighted by molar-refractivity contribution is 5.71. The standard InChI is InChI=1S/C10H17NO2/c1-3-9(4-2)6-5-7-13-10(12)8-11/h3-4,9H,1-2,5-8,11H2. The van der Waals surface area contributed by atoms with Gasteiger partial charge in [0.1, 0.15) is 0 Å². The van der Waals surface area contributed by atoms with Crippen LogP contribution >= 0.6 is 0 Å². The molecule has 0 atom stereocenters. The van der Waals surface area contributed by atoms with Crippen molar-refractivity contribution in [1.82, 2.24) is 0 Å². The molecule has 2 N–H and O–H groups in total. The molecular weight excluding hydrogens is 166 g/mol. The van der Waals surface area contributed by atoms with Gasteiger partial charge in [-0.05, 0) is 18.8 Å². The SMILES string of the molecule is C=CC(C=C)CCCOC(=O)CN. The van der Waals surface area contributed by atoms with Crippen LogP contribution in [0.4, 0.5) is 0 Å². The average molecular weight is 183 g/mol. The summed E-state index contributed by atoms with van der Waals surface area (Å²) < 4.78 is 4.80. The molecule has 13 heavy (non-hydrogen) atoms. The Morgan fingerprint density at radius 1 is 1.46 bits per heavy atom. The first kappa shape index (κ1) is 11.9. The fraction of sp³-hybridized carbons (Fsp3) is 0.500. The molecule has 0 spiro atoms. The van der Waals surface area contributed by atoms with Gasteiger partial charge in [0.25, 0.3) is 0 Å². The van der Waals surface area contributed by atoms with Gasteiger partial charge in [-0.25, -0.2) is 0 Å². The number of nitrogens with two attached hydrogens (primary N) is 1. The molecule has 0 aliphatic heterocycles. The number of allylic oxidation sites excluding steroid dienone is 2. The van der Waals surface area contributed by atoms with E-state index in [1.807, 2.05) is 12.2 Å². The van der Waals surface area contributed by atoms with Crippen LogP contribution in [0.5, 0.6) is 0 Å². The lowest BCUT2D eigenvalue weighted by atomic mass is 10.0. The number of ether oxygens (including phenoxy) is 1. The van der Waals surface area contributed by atoms with Gasteiger partial charge in [-0.1, -0.05) is 12.2 Å². The van der Waals surface area contributed by atoms with E-state index in [4.69, 9.17) is 10.5 Å². The van der Waals surface area contributed by atoms with Crippen LogP contribution in [-0.2, 0) is 9.53 Å². The summed E-state index contributed by atoms with van der Waals surface area (Å²) in [6.45, 7) is 7.70. The molecule has 3 nitrogen and oxygen atoms in total. The minimum atomic E-state index is -0.353. The predicted octanol–water partition coefficient (Wildman–Crippen LogP) is 1.26. The third-order valence-corrected chi connectivity index (χ3v) is 1.72. The molecule has 0 aliphatic carbocycles. The number of hydrogen-bond donors (Lipinski definition) is 1. The first-order chi connectivity index (χ1) is 6.24. The largest absolute Gasteiger partial charge is 0.465 e. The van der Waals surface area contributed by atoms with E-state index in [9.17, 15) is 4.79 Å². The van der Waals surface area contributed by atoms with Gasteiger partial charge >= 0.3 is 5.97 Å². The minimum absolute atomic E-state index is 0.0493. The van der Waals surface area contributed by atoms with Crippen LogP contribution in [-0.4, -0.2) is 19.1 Å².